The normalized spacial score (nSPS) is 29.1. The van der Waals surface area contributed by atoms with E-state index in [0.717, 1.165) is 37.0 Å². The van der Waals surface area contributed by atoms with Crippen LogP contribution in [0, 0.1) is 23.2 Å². The van der Waals surface area contributed by atoms with Crippen molar-refractivity contribution < 1.29 is 19.8 Å². The number of hydrogen-bond acceptors (Lipinski definition) is 4. The number of benzene rings is 1. The molecule has 1 aromatic carbocycles. The van der Waals surface area contributed by atoms with Gasteiger partial charge in [0.2, 0.25) is 11.8 Å². The topological polar surface area (TPSA) is 104 Å². The van der Waals surface area contributed by atoms with Gasteiger partial charge in [0.1, 0.15) is 0 Å². The summed E-state index contributed by atoms with van der Waals surface area (Å²) in [5.41, 5.74) is 0.259. The van der Waals surface area contributed by atoms with Crippen LogP contribution in [0.25, 0.3) is 10.8 Å². The van der Waals surface area contributed by atoms with Gasteiger partial charge in [-0.05, 0) is 79.9 Å². The highest BCUT2D eigenvalue weighted by molar-refractivity contribution is 6.02. The van der Waals surface area contributed by atoms with Crippen LogP contribution in [0.4, 0.5) is 0 Å². The van der Waals surface area contributed by atoms with Gasteiger partial charge in [0, 0.05) is 29.3 Å². The number of aromatic nitrogens is 1. The fraction of sp³-hybridized carbons (Fsp3) is 0.500. The first-order valence-electron chi connectivity index (χ1n) is 11.0. The Balaban J connectivity index is 1.30. The van der Waals surface area contributed by atoms with Crippen LogP contribution in [-0.4, -0.2) is 26.6 Å². The lowest BCUT2D eigenvalue weighted by Crippen LogP contribution is -2.46. The highest BCUT2D eigenvalue weighted by atomic mass is 16.3. The van der Waals surface area contributed by atoms with Crippen molar-refractivity contribution in [1.29, 1.82) is 0 Å². The van der Waals surface area contributed by atoms with Gasteiger partial charge in [0.05, 0.1) is 0 Å². The largest absolute Gasteiger partial charge is 0.494 e. The Morgan fingerprint density at radius 3 is 2.26 bits per heavy atom. The van der Waals surface area contributed by atoms with Gasteiger partial charge in [0.25, 0.3) is 11.8 Å². The van der Waals surface area contributed by atoms with Crippen molar-refractivity contribution in [3.63, 3.8) is 0 Å². The van der Waals surface area contributed by atoms with Crippen molar-refractivity contribution in [3.8, 4) is 11.8 Å². The average molecular weight is 421 g/mol. The molecular formula is C24H27N3O4. The molecule has 0 unspecified atom stereocenters. The molecule has 0 spiro atoms. The SMILES string of the molecule is C=CCn1c(O)c2ccc(C(=O)N=NC(=O)CC34CC5CC(CC(C5)C3)C4)cc2c1O. The van der Waals surface area contributed by atoms with E-state index in [9.17, 15) is 19.8 Å². The van der Waals surface area contributed by atoms with Gasteiger partial charge in [-0.1, -0.05) is 6.08 Å². The van der Waals surface area contributed by atoms with E-state index in [4.69, 9.17) is 0 Å². The molecule has 162 valence electrons. The molecular weight excluding hydrogens is 394 g/mol. The maximum absolute atomic E-state index is 12.6. The molecule has 6 rings (SSSR count). The summed E-state index contributed by atoms with van der Waals surface area (Å²) in [7, 11) is 0. The molecule has 7 nitrogen and oxygen atoms in total. The zero-order chi connectivity index (χ0) is 21.8. The van der Waals surface area contributed by atoms with Crippen molar-refractivity contribution in [2.45, 2.75) is 51.5 Å². The van der Waals surface area contributed by atoms with E-state index in [1.807, 2.05) is 0 Å². The van der Waals surface area contributed by atoms with Crippen molar-refractivity contribution >= 4 is 22.6 Å². The third-order valence-corrected chi connectivity index (χ3v) is 7.51. The maximum atomic E-state index is 12.6. The lowest BCUT2D eigenvalue weighted by molar-refractivity contribution is -0.126. The Morgan fingerprint density at radius 1 is 1.03 bits per heavy atom. The van der Waals surface area contributed by atoms with Gasteiger partial charge in [-0.2, -0.15) is 0 Å². The highest BCUT2D eigenvalue weighted by Crippen LogP contribution is 2.61. The molecule has 1 heterocycles. The van der Waals surface area contributed by atoms with Crippen molar-refractivity contribution in [1.82, 2.24) is 4.57 Å². The molecule has 4 saturated carbocycles. The zero-order valence-corrected chi connectivity index (χ0v) is 17.5. The van der Waals surface area contributed by atoms with Crippen LogP contribution >= 0.6 is 0 Å². The predicted molar refractivity (Wildman–Crippen MR) is 115 cm³/mol. The average Bonchev–Trinajstić information content (AvgIpc) is 2.95. The number of aromatic hydroxyl groups is 2. The van der Waals surface area contributed by atoms with E-state index in [1.54, 1.807) is 12.1 Å². The summed E-state index contributed by atoms with van der Waals surface area (Å²) in [5.74, 6) is 1.03. The van der Waals surface area contributed by atoms with Crippen molar-refractivity contribution in [3.05, 3.63) is 36.4 Å². The molecule has 31 heavy (non-hydrogen) atoms. The Kier molecular flexibility index (Phi) is 4.72. The second-order valence-electron chi connectivity index (χ2n) is 9.80. The smallest absolute Gasteiger partial charge is 0.295 e. The van der Waals surface area contributed by atoms with Crippen LogP contribution in [0.1, 0.15) is 55.3 Å². The Bertz CT molecular complexity index is 1080. The zero-order valence-electron chi connectivity index (χ0n) is 17.5. The van der Waals surface area contributed by atoms with Crippen LogP contribution in [0.5, 0.6) is 11.8 Å². The third kappa shape index (κ3) is 3.46. The van der Waals surface area contributed by atoms with E-state index >= 15 is 0 Å². The molecule has 0 aliphatic heterocycles. The second kappa shape index (κ2) is 7.32. The fourth-order valence-corrected chi connectivity index (χ4v) is 6.77. The number of amides is 2. The molecule has 2 aromatic rings. The minimum absolute atomic E-state index is 0.0597. The second-order valence-corrected chi connectivity index (χ2v) is 9.80. The molecule has 4 aliphatic rings. The van der Waals surface area contributed by atoms with Gasteiger partial charge in [-0.25, -0.2) is 0 Å². The van der Waals surface area contributed by atoms with E-state index in [-0.39, 0.29) is 35.2 Å². The van der Waals surface area contributed by atoms with Gasteiger partial charge >= 0.3 is 0 Å². The molecule has 2 amide bonds. The minimum Gasteiger partial charge on any atom is -0.494 e. The van der Waals surface area contributed by atoms with E-state index in [0.29, 0.717) is 17.2 Å². The number of fused-ring (bicyclic) bond motifs is 1. The molecule has 0 saturated heterocycles. The number of allylic oxidation sites excluding steroid dienone is 1. The molecule has 4 fully saturated rings. The van der Waals surface area contributed by atoms with Gasteiger partial charge in [0.15, 0.2) is 0 Å². The highest BCUT2D eigenvalue weighted by Gasteiger charge is 2.51. The molecule has 0 radical (unpaired) electrons. The van der Waals surface area contributed by atoms with E-state index in [2.05, 4.69) is 16.8 Å². The number of carbonyl (C=O) groups excluding carboxylic acids is 2. The predicted octanol–water partition coefficient (Wildman–Crippen LogP) is 4.96. The minimum atomic E-state index is -0.642. The first-order valence-corrected chi connectivity index (χ1v) is 11.0. The Hall–Kier alpha value is -2.96. The lowest BCUT2D eigenvalue weighted by Gasteiger charge is -2.56. The van der Waals surface area contributed by atoms with Crippen LogP contribution < -0.4 is 0 Å². The number of rotatable bonds is 5. The standard InChI is InChI=1S/C24H27N3O4/c1-2-5-27-22(30)18-4-3-17(9-19(18)23(27)31)21(29)26-25-20(28)13-24-10-14-6-15(11-24)8-16(7-14)12-24/h2-4,9,14-16,30-31H,1,5-8,10-13H2. The van der Waals surface area contributed by atoms with Crippen LogP contribution in [0.15, 0.2) is 41.1 Å². The third-order valence-electron chi connectivity index (χ3n) is 7.51. The summed E-state index contributed by atoms with van der Waals surface area (Å²) < 4.78 is 1.29. The van der Waals surface area contributed by atoms with Gasteiger partial charge in [-0.3, -0.25) is 14.2 Å². The maximum Gasteiger partial charge on any atom is 0.295 e. The van der Waals surface area contributed by atoms with E-state index in [1.165, 1.54) is 36.0 Å². The monoisotopic (exact) mass is 421 g/mol. The summed E-state index contributed by atoms with van der Waals surface area (Å²) in [6.07, 6.45) is 9.19. The lowest BCUT2D eigenvalue weighted by atomic mass is 9.49. The quantitative estimate of drug-likeness (QED) is 0.526. The summed E-state index contributed by atoms with van der Waals surface area (Å²) in [4.78, 5) is 25.1. The van der Waals surface area contributed by atoms with Crippen molar-refractivity contribution in [2.75, 3.05) is 0 Å². The first-order chi connectivity index (χ1) is 14.9. The number of nitrogens with zero attached hydrogens (tertiary/aromatic N) is 3. The van der Waals surface area contributed by atoms with Gasteiger partial charge < -0.3 is 10.2 Å². The Labute approximate surface area is 180 Å². The first kappa shape index (κ1) is 20.0. The molecule has 7 heteroatoms. The molecule has 1 aromatic heterocycles. The fourth-order valence-electron chi connectivity index (χ4n) is 6.77. The summed E-state index contributed by atoms with van der Waals surface area (Å²) in [5, 5.41) is 28.7. The van der Waals surface area contributed by atoms with E-state index < -0.39 is 5.91 Å². The molecule has 4 aliphatic carbocycles. The summed E-state index contributed by atoms with van der Waals surface area (Å²) >= 11 is 0. The molecule has 4 bridgehead atoms. The van der Waals surface area contributed by atoms with Crippen LogP contribution in [0.2, 0.25) is 0 Å². The Morgan fingerprint density at radius 2 is 1.65 bits per heavy atom. The number of hydrogen-bond donors (Lipinski definition) is 2. The van der Waals surface area contributed by atoms with Crippen LogP contribution in [-0.2, 0) is 11.3 Å². The van der Waals surface area contributed by atoms with Gasteiger partial charge in [-0.15, -0.1) is 16.8 Å². The number of carbonyl (C=O) groups is 2. The molecule has 2 N–H and O–H groups in total. The van der Waals surface area contributed by atoms with Crippen molar-refractivity contribution in [2.24, 2.45) is 33.4 Å². The summed E-state index contributed by atoms with van der Waals surface area (Å²) in [6, 6.07) is 4.50. The van der Waals surface area contributed by atoms with Crippen LogP contribution in [0.3, 0.4) is 0 Å². The molecule has 0 atom stereocenters. The summed E-state index contributed by atoms with van der Waals surface area (Å²) in [6.45, 7) is 3.84. The number of azo groups is 1.